The van der Waals surface area contributed by atoms with E-state index >= 15 is 0 Å². The van der Waals surface area contributed by atoms with Crippen LogP contribution in [0.4, 0.5) is 15.1 Å². The van der Waals surface area contributed by atoms with Gasteiger partial charge in [-0.05, 0) is 43.4 Å². The second kappa shape index (κ2) is 9.71. The second-order valence-electron chi connectivity index (χ2n) is 6.52. The number of hydrogen-bond donors (Lipinski definition) is 3. The van der Waals surface area contributed by atoms with Gasteiger partial charge in [-0.25, -0.2) is 9.18 Å². The lowest BCUT2D eigenvalue weighted by Crippen LogP contribution is -2.23. The van der Waals surface area contributed by atoms with Crippen molar-refractivity contribution >= 4 is 33.9 Å². The topological polar surface area (TPSA) is 96.9 Å². The van der Waals surface area contributed by atoms with Crippen LogP contribution in [0.1, 0.15) is 33.6 Å². The number of methoxy groups -OCH3 is 1. The maximum absolute atomic E-state index is 13.4. The number of aliphatic hydroxyl groups excluding tert-OH is 1. The van der Waals surface area contributed by atoms with Gasteiger partial charge in [-0.1, -0.05) is 0 Å². The molecule has 1 aromatic carbocycles. The quantitative estimate of drug-likeness (QED) is 0.566. The number of ether oxygens (including phenoxy) is 2. The van der Waals surface area contributed by atoms with Crippen LogP contribution in [-0.4, -0.2) is 43.9 Å². The van der Waals surface area contributed by atoms with Crippen LogP contribution in [0, 0.1) is 5.82 Å². The Morgan fingerprint density at radius 3 is 2.83 bits per heavy atom. The van der Waals surface area contributed by atoms with Gasteiger partial charge in [0, 0.05) is 10.9 Å². The zero-order valence-corrected chi connectivity index (χ0v) is 16.9. The molecule has 156 valence electrons. The largest absolute Gasteiger partial charge is 0.489 e. The van der Waals surface area contributed by atoms with Gasteiger partial charge in [0.1, 0.15) is 23.2 Å². The molecule has 0 radical (unpaired) electrons. The first-order valence-electron chi connectivity index (χ1n) is 9.33. The van der Waals surface area contributed by atoms with E-state index in [-0.39, 0.29) is 31.4 Å². The first-order valence-corrected chi connectivity index (χ1v) is 10.1. The van der Waals surface area contributed by atoms with E-state index in [0.29, 0.717) is 16.3 Å². The molecule has 0 aliphatic heterocycles. The van der Waals surface area contributed by atoms with E-state index in [0.717, 1.165) is 36.1 Å². The molecule has 0 unspecified atom stereocenters. The molecule has 0 atom stereocenters. The van der Waals surface area contributed by atoms with Gasteiger partial charge in [0.15, 0.2) is 0 Å². The number of thiophene rings is 1. The van der Waals surface area contributed by atoms with Crippen molar-refractivity contribution in [2.24, 2.45) is 0 Å². The molecule has 0 bridgehead atoms. The molecular formula is C20H23FN2O5S. The third kappa shape index (κ3) is 5.04. The van der Waals surface area contributed by atoms with Gasteiger partial charge >= 0.3 is 5.97 Å². The van der Waals surface area contributed by atoms with Gasteiger partial charge in [-0.3, -0.25) is 4.79 Å². The second-order valence-corrected chi connectivity index (χ2v) is 7.63. The summed E-state index contributed by atoms with van der Waals surface area (Å²) in [6.07, 6.45) is 3.75. The molecule has 0 spiro atoms. The average molecular weight is 422 g/mol. The van der Waals surface area contributed by atoms with E-state index in [4.69, 9.17) is 14.6 Å². The van der Waals surface area contributed by atoms with Gasteiger partial charge in [0.05, 0.1) is 31.5 Å². The minimum atomic E-state index is -0.486. The maximum Gasteiger partial charge on any atom is 0.341 e. The molecule has 1 aromatic heterocycles. The van der Waals surface area contributed by atoms with Crippen molar-refractivity contribution < 1.29 is 28.6 Å². The van der Waals surface area contributed by atoms with Gasteiger partial charge < -0.3 is 25.2 Å². The molecule has 1 amide bonds. The molecule has 2 aromatic rings. The molecule has 0 saturated heterocycles. The summed E-state index contributed by atoms with van der Waals surface area (Å²) in [4.78, 5) is 25.8. The van der Waals surface area contributed by atoms with Crippen LogP contribution in [0.25, 0.3) is 0 Å². The molecule has 7 nitrogen and oxygen atoms in total. The molecule has 9 heteroatoms. The van der Waals surface area contributed by atoms with Crippen molar-refractivity contribution in [1.82, 2.24) is 0 Å². The number of benzene rings is 1. The van der Waals surface area contributed by atoms with Crippen molar-refractivity contribution in [2.75, 3.05) is 37.5 Å². The van der Waals surface area contributed by atoms with Gasteiger partial charge in [-0.2, -0.15) is 0 Å². The van der Waals surface area contributed by atoms with Crippen LogP contribution in [0.5, 0.6) is 5.75 Å². The van der Waals surface area contributed by atoms with Crippen molar-refractivity contribution in [1.29, 1.82) is 0 Å². The standard InChI is InChI=1S/C20H23FN2O5S/c1-27-20(26)18-13-4-2-3-5-16(13)29-19(18)23-17(25)11-22-14-7-6-12(21)10-15(14)28-9-8-24/h6-7,10,22,24H,2-5,8-9,11H2,1H3,(H,23,25). The fourth-order valence-corrected chi connectivity index (χ4v) is 4.53. The minimum Gasteiger partial charge on any atom is -0.489 e. The highest BCUT2D eigenvalue weighted by Crippen LogP contribution is 2.38. The number of amides is 1. The number of carbonyl (C=O) groups excluding carboxylic acids is 2. The number of carbonyl (C=O) groups is 2. The first-order chi connectivity index (χ1) is 14.0. The van der Waals surface area contributed by atoms with Gasteiger partial charge in [0.2, 0.25) is 5.91 Å². The van der Waals surface area contributed by atoms with Crippen molar-refractivity contribution in [3.05, 3.63) is 40.0 Å². The summed E-state index contributed by atoms with van der Waals surface area (Å²) in [6.45, 7) is -0.312. The number of rotatable bonds is 8. The van der Waals surface area contributed by atoms with Crippen LogP contribution in [0.15, 0.2) is 18.2 Å². The molecule has 0 saturated carbocycles. The van der Waals surface area contributed by atoms with Crippen LogP contribution in [-0.2, 0) is 22.4 Å². The van der Waals surface area contributed by atoms with Crippen LogP contribution >= 0.6 is 11.3 Å². The molecule has 1 aliphatic rings. The summed E-state index contributed by atoms with van der Waals surface area (Å²) in [7, 11) is 1.32. The number of esters is 1. The van der Waals surface area contributed by atoms with E-state index in [1.54, 1.807) is 0 Å². The Morgan fingerprint density at radius 1 is 1.28 bits per heavy atom. The SMILES string of the molecule is COC(=O)c1c(NC(=O)CNc2ccc(F)cc2OCCO)sc2c1CCCC2. The molecular weight excluding hydrogens is 399 g/mol. The molecule has 3 rings (SSSR count). The summed E-state index contributed by atoms with van der Waals surface area (Å²) in [5, 5.41) is 15.1. The average Bonchev–Trinajstić information content (AvgIpc) is 3.08. The number of fused-ring (bicyclic) bond motifs is 1. The van der Waals surface area contributed by atoms with E-state index < -0.39 is 11.8 Å². The Bertz CT molecular complexity index is 899. The number of nitrogens with one attached hydrogen (secondary N) is 2. The predicted octanol–water partition coefficient (Wildman–Crippen LogP) is 2.97. The lowest BCUT2D eigenvalue weighted by atomic mass is 9.95. The molecule has 3 N–H and O–H groups in total. The maximum atomic E-state index is 13.4. The van der Waals surface area contributed by atoms with E-state index in [9.17, 15) is 14.0 Å². The van der Waals surface area contributed by atoms with Crippen LogP contribution < -0.4 is 15.4 Å². The summed E-state index contributed by atoms with van der Waals surface area (Å²) in [6, 6.07) is 3.88. The smallest absolute Gasteiger partial charge is 0.341 e. The lowest BCUT2D eigenvalue weighted by Gasteiger charge is -2.13. The Morgan fingerprint density at radius 2 is 2.07 bits per heavy atom. The summed E-state index contributed by atoms with van der Waals surface area (Å²) >= 11 is 1.41. The fraction of sp³-hybridized carbons (Fsp3) is 0.400. The number of aliphatic hydroxyl groups is 1. The van der Waals surface area contributed by atoms with Crippen molar-refractivity contribution in [3.63, 3.8) is 0 Å². The Kier molecular flexibility index (Phi) is 7.05. The monoisotopic (exact) mass is 422 g/mol. The lowest BCUT2D eigenvalue weighted by molar-refractivity contribution is -0.114. The van der Waals surface area contributed by atoms with Gasteiger partial charge in [-0.15, -0.1) is 11.3 Å². The van der Waals surface area contributed by atoms with Crippen molar-refractivity contribution in [3.8, 4) is 5.75 Å². The van der Waals surface area contributed by atoms with Gasteiger partial charge in [0.25, 0.3) is 0 Å². The normalized spacial score (nSPS) is 12.8. The van der Waals surface area contributed by atoms with Crippen LogP contribution in [0.2, 0.25) is 0 Å². The molecule has 0 fully saturated rings. The highest BCUT2D eigenvalue weighted by molar-refractivity contribution is 7.17. The number of aryl methyl sites for hydroxylation is 1. The minimum absolute atomic E-state index is 0.00751. The number of anilines is 2. The van der Waals surface area contributed by atoms with Crippen molar-refractivity contribution in [2.45, 2.75) is 25.7 Å². The third-order valence-corrected chi connectivity index (χ3v) is 5.75. The molecule has 29 heavy (non-hydrogen) atoms. The fourth-order valence-electron chi connectivity index (χ4n) is 3.24. The summed E-state index contributed by atoms with van der Waals surface area (Å²) < 4.78 is 23.6. The zero-order chi connectivity index (χ0) is 20.8. The number of hydrogen-bond acceptors (Lipinski definition) is 7. The first kappa shape index (κ1) is 21.1. The highest BCUT2D eigenvalue weighted by Gasteiger charge is 2.26. The molecule has 1 aliphatic carbocycles. The van der Waals surface area contributed by atoms with E-state index in [1.165, 1.54) is 36.6 Å². The Balaban J connectivity index is 1.71. The zero-order valence-electron chi connectivity index (χ0n) is 16.0. The Labute approximate surface area is 171 Å². The number of halogens is 1. The summed E-state index contributed by atoms with van der Waals surface area (Å²) in [5.41, 5.74) is 1.83. The van der Waals surface area contributed by atoms with E-state index in [1.807, 2.05) is 0 Å². The Hall–Kier alpha value is -2.65. The summed E-state index contributed by atoms with van der Waals surface area (Å²) in [5.74, 6) is -1.09. The van der Waals surface area contributed by atoms with E-state index in [2.05, 4.69) is 10.6 Å². The third-order valence-electron chi connectivity index (χ3n) is 4.55. The highest BCUT2D eigenvalue weighted by atomic mass is 32.1. The molecule has 1 heterocycles. The predicted molar refractivity (Wildman–Crippen MR) is 108 cm³/mol. The van der Waals surface area contributed by atoms with Crippen LogP contribution in [0.3, 0.4) is 0 Å².